The van der Waals surface area contributed by atoms with E-state index in [0.717, 1.165) is 122 Å². The van der Waals surface area contributed by atoms with Crippen LogP contribution < -0.4 is 0 Å². The lowest BCUT2D eigenvalue weighted by atomic mass is 9.98. The smallest absolute Gasteiger partial charge is 0.335 e. The summed E-state index contributed by atoms with van der Waals surface area (Å²) >= 11 is 0. The Morgan fingerprint density at radius 3 is 1.41 bits per heavy atom. The van der Waals surface area contributed by atoms with Gasteiger partial charge in [0, 0.05) is 19.3 Å². The van der Waals surface area contributed by atoms with E-state index in [2.05, 4.69) is 81.5 Å². The van der Waals surface area contributed by atoms with Crippen LogP contribution in [0.2, 0.25) is 0 Å². The largest absolute Gasteiger partial charge is 0.479 e. The summed E-state index contributed by atoms with van der Waals surface area (Å²) in [5.41, 5.74) is 0. The maximum atomic E-state index is 13.1. The molecule has 1 aliphatic rings. The number of aliphatic hydroxyl groups is 2. The highest BCUT2D eigenvalue weighted by atomic mass is 16.7. The second-order valence-electron chi connectivity index (χ2n) is 19.2. The van der Waals surface area contributed by atoms with E-state index in [9.17, 15) is 34.5 Å². The van der Waals surface area contributed by atoms with Gasteiger partial charge in [0.15, 0.2) is 24.6 Å². The van der Waals surface area contributed by atoms with E-state index >= 15 is 0 Å². The lowest BCUT2D eigenvalue weighted by Crippen LogP contribution is -2.61. The van der Waals surface area contributed by atoms with Gasteiger partial charge in [0.2, 0.25) is 0 Å². The Kier molecular flexibility index (Phi) is 43.7. The number of aliphatic carboxylic acids is 1. The fourth-order valence-corrected chi connectivity index (χ4v) is 8.24. The van der Waals surface area contributed by atoms with Crippen molar-refractivity contribution < 1.29 is 58.2 Å². The molecule has 6 atom stereocenters. The normalized spacial score (nSPS) is 18.9. The predicted octanol–water partition coefficient (Wildman–Crippen LogP) is 14.0. The highest BCUT2D eigenvalue weighted by Crippen LogP contribution is 2.26. The predicted molar refractivity (Wildman–Crippen MR) is 285 cm³/mol. The topological polar surface area (TPSA) is 175 Å². The first-order valence-corrected chi connectivity index (χ1v) is 28.3. The van der Waals surface area contributed by atoms with Gasteiger partial charge in [0.05, 0.1) is 6.61 Å². The summed E-state index contributed by atoms with van der Waals surface area (Å²) in [6, 6.07) is 0. The molecular formula is C59H100O12. The minimum atomic E-state index is -1.91. The maximum absolute atomic E-state index is 13.1. The molecular weight excluding hydrogens is 901 g/mol. The summed E-state index contributed by atoms with van der Waals surface area (Å²) < 4.78 is 28.3. The van der Waals surface area contributed by atoms with E-state index in [1.165, 1.54) is 57.8 Å². The van der Waals surface area contributed by atoms with Crippen molar-refractivity contribution in [2.24, 2.45) is 0 Å². The van der Waals surface area contributed by atoms with Crippen LogP contribution in [0.3, 0.4) is 0 Å². The molecule has 0 radical (unpaired) electrons. The molecule has 1 fully saturated rings. The van der Waals surface area contributed by atoms with Crippen molar-refractivity contribution in [2.45, 2.75) is 276 Å². The fourth-order valence-electron chi connectivity index (χ4n) is 8.24. The Morgan fingerprint density at radius 1 is 0.479 bits per heavy atom. The van der Waals surface area contributed by atoms with Crippen molar-refractivity contribution in [3.8, 4) is 0 Å². The van der Waals surface area contributed by atoms with E-state index in [1.807, 2.05) is 0 Å². The summed E-state index contributed by atoms with van der Waals surface area (Å²) in [4.78, 5) is 51.0. The Morgan fingerprint density at radius 2 is 0.915 bits per heavy atom. The first kappa shape index (κ1) is 65.4. The quantitative estimate of drug-likeness (QED) is 0.0228. The number of carbonyl (C=O) groups is 4. The van der Waals surface area contributed by atoms with Gasteiger partial charge in [-0.2, -0.15) is 0 Å². The van der Waals surface area contributed by atoms with Gasteiger partial charge in [-0.25, -0.2) is 4.79 Å². The molecule has 1 heterocycles. The molecule has 1 aliphatic heterocycles. The van der Waals surface area contributed by atoms with E-state index in [-0.39, 0.29) is 25.9 Å². The molecule has 0 aromatic carbocycles. The monoisotopic (exact) mass is 1000 g/mol. The zero-order valence-corrected chi connectivity index (χ0v) is 44.7. The van der Waals surface area contributed by atoms with Crippen LogP contribution in [0, 0.1) is 0 Å². The number of carbonyl (C=O) groups excluding carboxylic acids is 3. The molecule has 12 nitrogen and oxygen atoms in total. The third-order valence-corrected chi connectivity index (χ3v) is 12.6. The number of rotatable bonds is 47. The summed E-state index contributed by atoms with van der Waals surface area (Å²) in [5, 5.41) is 31.4. The Hall–Kier alpha value is -3.58. The number of carboxylic acid groups (broad SMARTS) is 1. The fraction of sp³-hybridized carbons (Fsp3) is 0.763. The van der Waals surface area contributed by atoms with Gasteiger partial charge < -0.3 is 39.0 Å². The van der Waals surface area contributed by atoms with E-state index in [1.54, 1.807) is 0 Å². The van der Waals surface area contributed by atoms with E-state index in [4.69, 9.17) is 23.7 Å². The molecule has 0 amide bonds. The molecule has 0 spiro atoms. The highest BCUT2D eigenvalue weighted by molar-refractivity contribution is 5.74. The van der Waals surface area contributed by atoms with Gasteiger partial charge >= 0.3 is 23.9 Å². The van der Waals surface area contributed by atoms with Crippen molar-refractivity contribution in [3.05, 3.63) is 60.8 Å². The number of allylic oxidation sites excluding steroid dienone is 10. The maximum Gasteiger partial charge on any atom is 0.335 e. The minimum Gasteiger partial charge on any atom is -0.479 e. The molecule has 12 heteroatoms. The number of aliphatic hydroxyl groups excluding tert-OH is 2. The van der Waals surface area contributed by atoms with Crippen LogP contribution in [0.25, 0.3) is 0 Å². The van der Waals surface area contributed by atoms with Crippen LogP contribution in [0.4, 0.5) is 0 Å². The number of unbranched alkanes of at least 4 members (excludes halogenated alkanes) is 23. The number of ether oxygens (including phenoxy) is 5. The summed E-state index contributed by atoms with van der Waals surface area (Å²) in [6.07, 6.45) is 44.8. The minimum absolute atomic E-state index is 0.0397. The van der Waals surface area contributed by atoms with Crippen LogP contribution >= 0.6 is 0 Å². The number of esters is 3. The Labute approximate surface area is 430 Å². The zero-order chi connectivity index (χ0) is 51.8. The molecule has 6 unspecified atom stereocenters. The van der Waals surface area contributed by atoms with Crippen LogP contribution in [0.1, 0.15) is 239 Å². The van der Waals surface area contributed by atoms with Crippen LogP contribution in [-0.4, -0.2) is 89.2 Å². The third-order valence-electron chi connectivity index (χ3n) is 12.6. The van der Waals surface area contributed by atoms with Crippen molar-refractivity contribution in [1.29, 1.82) is 0 Å². The van der Waals surface area contributed by atoms with Crippen molar-refractivity contribution >= 4 is 23.9 Å². The molecule has 1 rings (SSSR count). The summed E-state index contributed by atoms with van der Waals surface area (Å²) in [5.74, 6) is -3.15. The zero-order valence-electron chi connectivity index (χ0n) is 44.7. The standard InChI is InChI=1S/C59H100O12/c1-4-7-10-13-16-19-22-25-26-29-32-35-38-41-44-47-53(62)70-57-55(64)54(63)56(58(65)66)71-59(57)68-49-50(69-52(61)46-43-40-37-34-31-28-24-21-18-15-12-9-6-3)48-67-51(60)45-42-39-36-33-30-27-23-20-17-14-11-8-5-2/h7,10-11,14,16,19-20,23,25-26,50,54-57,59,63-64H,4-6,8-9,12-13,15,17-18,21-22,24,27-49H2,1-3H3,(H,65,66)/b10-7-,14-11-,19-16-,23-20-,26-25-. The van der Waals surface area contributed by atoms with Crippen molar-refractivity contribution in [1.82, 2.24) is 0 Å². The SMILES string of the molecule is CC/C=C\C/C=C\C/C=C\CCCCCCCC(=O)OC1C(OCC(COC(=O)CCCCCCC/C=C\C/C=C\CCC)OC(=O)CCCCCCCCCCCCCCC)OC(C(=O)O)C(O)C1O. The molecule has 0 aliphatic carbocycles. The Balaban J connectivity index is 2.72. The molecule has 0 aromatic heterocycles. The Bertz CT molecular complexity index is 1470. The van der Waals surface area contributed by atoms with Gasteiger partial charge in [0.1, 0.15) is 18.8 Å². The number of hydrogen-bond donors (Lipinski definition) is 3. The van der Waals surface area contributed by atoms with Gasteiger partial charge in [-0.05, 0) is 77.0 Å². The molecule has 0 saturated carbocycles. The second-order valence-corrected chi connectivity index (χ2v) is 19.2. The van der Waals surface area contributed by atoms with Gasteiger partial charge in [0.25, 0.3) is 0 Å². The lowest BCUT2D eigenvalue weighted by molar-refractivity contribution is -0.301. The van der Waals surface area contributed by atoms with E-state index in [0.29, 0.717) is 19.3 Å². The van der Waals surface area contributed by atoms with E-state index < -0.39 is 67.3 Å². The van der Waals surface area contributed by atoms with Crippen molar-refractivity contribution in [2.75, 3.05) is 13.2 Å². The van der Waals surface area contributed by atoms with Gasteiger partial charge in [-0.3, -0.25) is 14.4 Å². The average molecular weight is 1000 g/mol. The third kappa shape index (κ3) is 37.8. The highest BCUT2D eigenvalue weighted by Gasteiger charge is 2.50. The molecule has 0 aromatic rings. The first-order valence-electron chi connectivity index (χ1n) is 28.3. The van der Waals surface area contributed by atoms with Crippen LogP contribution in [0.15, 0.2) is 60.8 Å². The summed E-state index contributed by atoms with van der Waals surface area (Å²) in [6.45, 7) is 5.79. The molecule has 3 N–H and O–H groups in total. The number of carboxylic acids is 1. The molecule has 1 saturated heterocycles. The summed E-state index contributed by atoms with van der Waals surface area (Å²) in [7, 11) is 0. The second kappa shape index (κ2) is 47.4. The molecule has 0 bridgehead atoms. The first-order chi connectivity index (χ1) is 34.6. The average Bonchev–Trinajstić information content (AvgIpc) is 3.35. The number of hydrogen-bond acceptors (Lipinski definition) is 11. The van der Waals surface area contributed by atoms with Crippen molar-refractivity contribution in [3.63, 3.8) is 0 Å². The van der Waals surface area contributed by atoms with Crippen LogP contribution in [-0.2, 0) is 42.9 Å². The van der Waals surface area contributed by atoms with Gasteiger partial charge in [-0.15, -0.1) is 0 Å². The van der Waals surface area contributed by atoms with Crippen LogP contribution in [0.5, 0.6) is 0 Å². The molecule has 71 heavy (non-hydrogen) atoms. The lowest BCUT2D eigenvalue weighted by Gasteiger charge is -2.40. The molecule has 408 valence electrons. The van der Waals surface area contributed by atoms with Gasteiger partial charge in [-0.1, -0.05) is 204 Å².